The predicted octanol–water partition coefficient (Wildman–Crippen LogP) is 7.30. The molecule has 1 aliphatic carbocycles. The van der Waals surface area contributed by atoms with Crippen molar-refractivity contribution in [3.05, 3.63) is 70.8 Å². The average molecular weight is 663 g/mol. The van der Waals surface area contributed by atoms with Gasteiger partial charge in [-0.1, -0.05) is 38.1 Å². The number of carbonyl (C=O) groups excluding carboxylic acids is 1. The normalized spacial score (nSPS) is 19.8. The maximum atomic E-state index is 14.1. The minimum Gasteiger partial charge on any atom is -0.355 e. The van der Waals surface area contributed by atoms with Gasteiger partial charge in [-0.2, -0.15) is 21.6 Å². The lowest BCUT2D eigenvalue weighted by atomic mass is 9.86. The summed E-state index contributed by atoms with van der Waals surface area (Å²) in [6, 6.07) is 7.31. The molecule has 2 atom stereocenters. The van der Waals surface area contributed by atoms with Crippen molar-refractivity contribution in [1.82, 2.24) is 9.97 Å². The molecule has 13 heteroatoms. The second-order valence-corrected chi connectivity index (χ2v) is 13.6. The first-order valence-corrected chi connectivity index (χ1v) is 16.3. The number of aryl methyl sites for hydroxylation is 1. The number of nitrogens with zero attached hydrogens (tertiary/aromatic N) is 2. The van der Waals surface area contributed by atoms with Crippen LogP contribution in [-0.2, 0) is 37.2 Å². The maximum Gasteiger partial charge on any atom is 0.534 e. The molecule has 2 aliphatic rings. The van der Waals surface area contributed by atoms with Crippen LogP contribution < -0.4 is 4.18 Å². The van der Waals surface area contributed by atoms with Crippen LogP contribution >= 0.6 is 0 Å². The number of rotatable bonds is 8. The van der Waals surface area contributed by atoms with E-state index in [1.54, 1.807) is 26.0 Å². The van der Waals surface area contributed by atoms with Gasteiger partial charge in [0, 0.05) is 36.2 Å². The van der Waals surface area contributed by atoms with Crippen molar-refractivity contribution in [3.8, 4) is 28.3 Å². The molecule has 3 heterocycles. The van der Waals surface area contributed by atoms with Crippen LogP contribution in [0.5, 0.6) is 5.88 Å². The summed E-state index contributed by atoms with van der Waals surface area (Å²) in [5.41, 5.74) is -0.0799. The lowest BCUT2D eigenvalue weighted by Crippen LogP contribution is -2.44. The molecule has 1 saturated heterocycles. The average Bonchev–Trinajstić information content (AvgIpc) is 3.13. The molecule has 0 amide bonds. The van der Waals surface area contributed by atoms with E-state index in [0.717, 1.165) is 28.5 Å². The molecule has 0 spiro atoms. The molecule has 1 aliphatic heterocycles. The zero-order valence-electron chi connectivity index (χ0n) is 25.7. The minimum absolute atomic E-state index is 0.0989. The molecule has 3 aromatic rings. The highest BCUT2D eigenvalue weighted by atomic mass is 32.2. The summed E-state index contributed by atoms with van der Waals surface area (Å²) in [6.45, 7) is 7.53. The number of fused-ring (bicyclic) bond motifs is 3. The summed E-state index contributed by atoms with van der Waals surface area (Å²) in [4.78, 5) is 20.2. The van der Waals surface area contributed by atoms with E-state index in [1.165, 1.54) is 24.4 Å². The second kappa shape index (κ2) is 12.8. The Hall–Kier alpha value is -3.68. The third-order valence-corrected chi connectivity index (χ3v) is 8.79. The van der Waals surface area contributed by atoms with E-state index in [1.807, 2.05) is 26.0 Å². The van der Waals surface area contributed by atoms with Crippen LogP contribution in [0, 0.1) is 5.82 Å². The number of aldehydes is 1. The molecule has 0 unspecified atom stereocenters. The molecule has 1 aromatic carbocycles. The molecule has 5 rings (SSSR count). The molecule has 1 fully saturated rings. The lowest BCUT2D eigenvalue weighted by Gasteiger charge is -2.39. The van der Waals surface area contributed by atoms with Gasteiger partial charge in [0.05, 0.1) is 23.6 Å². The van der Waals surface area contributed by atoms with Crippen molar-refractivity contribution in [2.24, 2.45) is 0 Å². The molecule has 0 radical (unpaired) electrons. The minimum atomic E-state index is -5.90. The van der Waals surface area contributed by atoms with E-state index >= 15 is 0 Å². The number of carbonyl (C=O) groups is 1. The number of aromatic nitrogens is 2. The number of hydrogen-bond donors (Lipinski definition) is 0. The Labute approximate surface area is 264 Å². The lowest BCUT2D eigenvalue weighted by molar-refractivity contribution is -0.289. The molecule has 246 valence electrons. The number of benzene rings is 1. The SMILES string of the molecule is CC(C)c1nc2c(c(-c3ccc(F)cc3)c1/C=C/[C@@H]1C[C@H](CC=O)OC(C)(C)O1)CCCc1cc(OS(=O)(=O)C(F)(F)F)ncc1-2. The third-order valence-electron chi connectivity index (χ3n) is 7.83. The summed E-state index contributed by atoms with van der Waals surface area (Å²) in [6.07, 6.45) is 7.45. The first kappa shape index (κ1) is 33.7. The van der Waals surface area contributed by atoms with Gasteiger partial charge >= 0.3 is 15.6 Å². The van der Waals surface area contributed by atoms with Gasteiger partial charge in [-0.25, -0.2) is 9.37 Å². The van der Waals surface area contributed by atoms with Crippen LogP contribution in [0.15, 0.2) is 42.6 Å². The topological polar surface area (TPSA) is 105 Å². The molecule has 8 nitrogen and oxygen atoms in total. The number of pyridine rings is 2. The molecule has 0 bridgehead atoms. The molecule has 0 saturated carbocycles. The predicted molar refractivity (Wildman–Crippen MR) is 163 cm³/mol. The summed E-state index contributed by atoms with van der Waals surface area (Å²) in [7, 11) is -5.90. The fraction of sp³-hybridized carbons (Fsp3) is 0.424. The summed E-state index contributed by atoms with van der Waals surface area (Å²) < 4.78 is 92.6. The van der Waals surface area contributed by atoms with Gasteiger partial charge in [0.1, 0.15) is 12.1 Å². The Morgan fingerprint density at radius 1 is 1.13 bits per heavy atom. The summed E-state index contributed by atoms with van der Waals surface area (Å²) in [5, 5.41) is 0. The van der Waals surface area contributed by atoms with Crippen molar-refractivity contribution in [2.75, 3.05) is 0 Å². The van der Waals surface area contributed by atoms with Crippen molar-refractivity contribution < 1.29 is 44.4 Å². The first-order valence-electron chi connectivity index (χ1n) is 14.9. The molecule has 46 heavy (non-hydrogen) atoms. The fourth-order valence-electron chi connectivity index (χ4n) is 5.96. The van der Waals surface area contributed by atoms with Crippen molar-refractivity contribution in [2.45, 2.75) is 89.2 Å². The van der Waals surface area contributed by atoms with Crippen LogP contribution in [0.25, 0.3) is 28.5 Å². The van der Waals surface area contributed by atoms with Gasteiger partial charge in [-0.05, 0) is 73.4 Å². The smallest absolute Gasteiger partial charge is 0.355 e. The molecule has 2 aromatic heterocycles. The standard InChI is InChI=1S/C33H34F4N2O6S/c1-19(2)30-26(13-12-23-17-24(14-15-40)44-32(3,4)43-23)29(20-8-10-22(34)11-9-20)25-7-5-6-21-16-28(38-18-27(21)31(25)39-30)45-46(41,42)33(35,36)37/h8-13,15-16,18-19,23-24H,5-7,14,17H2,1-4H3/b13-12+/t23-,24+/m1/s1. The van der Waals surface area contributed by atoms with Crippen LogP contribution in [0.3, 0.4) is 0 Å². The number of hydrogen-bond acceptors (Lipinski definition) is 8. The second-order valence-electron chi connectivity index (χ2n) is 12.1. The van der Waals surface area contributed by atoms with Crippen LogP contribution in [-0.4, -0.2) is 48.2 Å². The van der Waals surface area contributed by atoms with Gasteiger partial charge in [-0.3, -0.25) is 4.98 Å². The zero-order chi connectivity index (χ0) is 33.4. The maximum absolute atomic E-state index is 14.1. The van der Waals surface area contributed by atoms with E-state index in [-0.39, 0.29) is 24.5 Å². The fourth-order valence-corrected chi connectivity index (χ4v) is 6.37. The van der Waals surface area contributed by atoms with Gasteiger partial charge in [0.15, 0.2) is 5.79 Å². The Balaban J connectivity index is 1.67. The van der Waals surface area contributed by atoms with Crippen molar-refractivity contribution in [1.29, 1.82) is 0 Å². The van der Waals surface area contributed by atoms with Crippen LogP contribution in [0.4, 0.5) is 17.6 Å². The Morgan fingerprint density at radius 3 is 2.50 bits per heavy atom. The van der Waals surface area contributed by atoms with E-state index in [9.17, 15) is 30.8 Å². The number of ether oxygens (including phenoxy) is 2. The van der Waals surface area contributed by atoms with E-state index < -0.39 is 33.1 Å². The van der Waals surface area contributed by atoms with Crippen LogP contribution in [0.2, 0.25) is 0 Å². The van der Waals surface area contributed by atoms with Gasteiger partial charge in [0.2, 0.25) is 5.88 Å². The van der Waals surface area contributed by atoms with Crippen molar-refractivity contribution in [3.63, 3.8) is 0 Å². The molecular weight excluding hydrogens is 628 g/mol. The quantitative estimate of drug-likeness (QED) is 0.107. The summed E-state index contributed by atoms with van der Waals surface area (Å²) in [5.74, 6) is -2.10. The highest BCUT2D eigenvalue weighted by molar-refractivity contribution is 7.87. The Bertz CT molecular complexity index is 1760. The highest BCUT2D eigenvalue weighted by Crippen LogP contribution is 2.43. The van der Waals surface area contributed by atoms with E-state index in [4.69, 9.17) is 14.5 Å². The highest BCUT2D eigenvalue weighted by Gasteiger charge is 2.49. The Kier molecular flexibility index (Phi) is 9.40. The number of alkyl halides is 3. The molecular formula is C33H34F4N2O6S. The first-order chi connectivity index (χ1) is 21.6. The van der Waals surface area contributed by atoms with Gasteiger partial charge in [0.25, 0.3) is 0 Å². The monoisotopic (exact) mass is 662 g/mol. The summed E-state index contributed by atoms with van der Waals surface area (Å²) >= 11 is 0. The zero-order valence-corrected chi connectivity index (χ0v) is 26.5. The largest absolute Gasteiger partial charge is 0.534 e. The van der Waals surface area contributed by atoms with Gasteiger partial charge in [-0.15, -0.1) is 0 Å². The third kappa shape index (κ3) is 7.16. The van der Waals surface area contributed by atoms with Crippen LogP contribution in [0.1, 0.15) is 75.3 Å². The van der Waals surface area contributed by atoms with Crippen molar-refractivity contribution >= 4 is 22.5 Å². The van der Waals surface area contributed by atoms with E-state index in [2.05, 4.69) is 9.17 Å². The van der Waals surface area contributed by atoms with E-state index in [0.29, 0.717) is 48.2 Å². The van der Waals surface area contributed by atoms with Gasteiger partial charge < -0.3 is 18.5 Å². The number of halogens is 4. The molecule has 0 N–H and O–H groups in total. The Morgan fingerprint density at radius 2 is 1.85 bits per heavy atom.